The van der Waals surface area contributed by atoms with Crippen molar-refractivity contribution in [2.24, 2.45) is 0 Å². The van der Waals surface area contributed by atoms with Gasteiger partial charge in [0.2, 0.25) is 5.91 Å². The van der Waals surface area contributed by atoms with Crippen molar-refractivity contribution in [1.29, 1.82) is 0 Å². The van der Waals surface area contributed by atoms with Crippen molar-refractivity contribution in [3.8, 4) is 16.9 Å². The number of nitrogens with one attached hydrogen (secondary N) is 1. The number of rotatable bonds is 3. The second-order valence-corrected chi connectivity index (χ2v) is 3.88. The van der Waals surface area contributed by atoms with E-state index < -0.39 is 0 Å². The van der Waals surface area contributed by atoms with Crippen LogP contribution in [0.5, 0.6) is 5.75 Å². The van der Waals surface area contributed by atoms with Gasteiger partial charge >= 0.3 is 0 Å². The number of anilines is 1. The van der Waals surface area contributed by atoms with E-state index in [1.165, 1.54) is 6.92 Å². The Morgan fingerprint density at radius 1 is 1.11 bits per heavy atom. The van der Waals surface area contributed by atoms with Gasteiger partial charge in [-0.2, -0.15) is 0 Å². The molecule has 0 bridgehead atoms. The Morgan fingerprint density at radius 2 is 1.83 bits per heavy atom. The minimum atomic E-state index is -0.101. The van der Waals surface area contributed by atoms with Crippen molar-refractivity contribution >= 4 is 11.6 Å². The van der Waals surface area contributed by atoms with Gasteiger partial charge in [-0.3, -0.25) is 4.79 Å². The fourth-order valence-electron chi connectivity index (χ4n) is 1.69. The Labute approximate surface area is 105 Å². The molecule has 4 heteroatoms. The molecular weight excluding hydrogens is 230 g/mol. The van der Waals surface area contributed by atoms with E-state index in [9.17, 15) is 4.79 Å². The SMILES string of the molecule is CC(=O)Nc1cccc(-c2ccc(OO)cc2)c1. The fraction of sp³-hybridized carbons (Fsp3) is 0.0714. The van der Waals surface area contributed by atoms with E-state index in [1.54, 1.807) is 12.1 Å². The van der Waals surface area contributed by atoms with Gasteiger partial charge in [0.05, 0.1) is 0 Å². The average Bonchev–Trinajstić information content (AvgIpc) is 2.38. The van der Waals surface area contributed by atoms with Crippen molar-refractivity contribution in [2.45, 2.75) is 6.92 Å². The largest absolute Gasteiger partial charge is 0.340 e. The van der Waals surface area contributed by atoms with Gasteiger partial charge in [0.25, 0.3) is 0 Å². The average molecular weight is 243 g/mol. The summed E-state index contributed by atoms with van der Waals surface area (Å²) in [5.41, 5.74) is 2.70. The molecule has 0 saturated heterocycles. The Morgan fingerprint density at radius 3 is 2.44 bits per heavy atom. The molecule has 0 atom stereocenters. The van der Waals surface area contributed by atoms with Crippen LogP contribution in [0.1, 0.15) is 6.92 Å². The number of benzene rings is 2. The summed E-state index contributed by atoms with van der Waals surface area (Å²) in [6.07, 6.45) is 0. The first-order chi connectivity index (χ1) is 8.69. The van der Waals surface area contributed by atoms with Crippen LogP contribution in [-0.4, -0.2) is 11.2 Å². The minimum Gasteiger partial charge on any atom is -0.340 e. The Balaban J connectivity index is 2.29. The number of carbonyl (C=O) groups is 1. The molecule has 0 fully saturated rings. The van der Waals surface area contributed by atoms with Crippen LogP contribution in [0.2, 0.25) is 0 Å². The third kappa shape index (κ3) is 2.87. The van der Waals surface area contributed by atoms with Crippen LogP contribution in [0.3, 0.4) is 0 Å². The van der Waals surface area contributed by atoms with Crippen molar-refractivity contribution in [1.82, 2.24) is 0 Å². The van der Waals surface area contributed by atoms with Gasteiger partial charge in [0, 0.05) is 12.6 Å². The molecule has 92 valence electrons. The molecule has 0 heterocycles. The van der Waals surface area contributed by atoms with Crippen LogP contribution in [0, 0.1) is 0 Å². The van der Waals surface area contributed by atoms with E-state index in [0.29, 0.717) is 5.75 Å². The van der Waals surface area contributed by atoms with E-state index in [2.05, 4.69) is 10.2 Å². The summed E-state index contributed by atoms with van der Waals surface area (Å²) in [6.45, 7) is 1.47. The van der Waals surface area contributed by atoms with E-state index in [4.69, 9.17) is 5.26 Å². The maximum absolute atomic E-state index is 11.0. The van der Waals surface area contributed by atoms with E-state index >= 15 is 0 Å². The van der Waals surface area contributed by atoms with Crippen LogP contribution < -0.4 is 10.2 Å². The van der Waals surface area contributed by atoms with Crippen molar-refractivity contribution in [3.63, 3.8) is 0 Å². The molecule has 2 rings (SSSR count). The second kappa shape index (κ2) is 5.33. The lowest BCUT2D eigenvalue weighted by atomic mass is 10.1. The molecule has 2 aromatic carbocycles. The maximum atomic E-state index is 11.0. The van der Waals surface area contributed by atoms with Gasteiger partial charge in [-0.1, -0.05) is 24.3 Å². The Kier molecular flexibility index (Phi) is 3.60. The van der Waals surface area contributed by atoms with Gasteiger partial charge in [-0.05, 0) is 35.4 Å². The zero-order chi connectivity index (χ0) is 13.0. The van der Waals surface area contributed by atoms with Crippen molar-refractivity contribution in [2.75, 3.05) is 5.32 Å². The van der Waals surface area contributed by atoms with Crippen molar-refractivity contribution in [3.05, 3.63) is 48.5 Å². The lowest BCUT2D eigenvalue weighted by Crippen LogP contribution is -2.05. The van der Waals surface area contributed by atoms with Gasteiger partial charge in [-0.15, -0.1) is 0 Å². The van der Waals surface area contributed by atoms with Gasteiger partial charge < -0.3 is 10.2 Å². The van der Waals surface area contributed by atoms with Crippen molar-refractivity contribution < 1.29 is 14.9 Å². The molecule has 18 heavy (non-hydrogen) atoms. The van der Waals surface area contributed by atoms with E-state index in [-0.39, 0.29) is 5.91 Å². The minimum absolute atomic E-state index is 0.101. The highest BCUT2D eigenvalue weighted by Gasteiger charge is 2.01. The summed E-state index contributed by atoms with van der Waals surface area (Å²) in [5.74, 6) is 0.285. The number of amides is 1. The standard InChI is InChI=1S/C14H13NO3/c1-10(16)15-13-4-2-3-12(9-13)11-5-7-14(18-17)8-6-11/h2-9,17H,1H3,(H,15,16). The number of hydrogen-bond acceptors (Lipinski definition) is 3. The van der Waals surface area contributed by atoms with Crippen LogP contribution in [0.15, 0.2) is 48.5 Å². The first kappa shape index (κ1) is 12.1. The van der Waals surface area contributed by atoms with Crippen LogP contribution in [0.25, 0.3) is 11.1 Å². The predicted molar refractivity (Wildman–Crippen MR) is 69.4 cm³/mol. The number of carbonyl (C=O) groups excluding carboxylic acids is 1. The number of hydrogen-bond donors (Lipinski definition) is 2. The summed E-state index contributed by atoms with van der Waals surface area (Å²) in [6, 6.07) is 14.5. The summed E-state index contributed by atoms with van der Waals surface area (Å²) >= 11 is 0. The molecular formula is C14H13NO3. The highest BCUT2D eigenvalue weighted by molar-refractivity contribution is 5.89. The van der Waals surface area contributed by atoms with Gasteiger partial charge in [0.1, 0.15) is 0 Å². The Bertz CT molecular complexity index is 549. The highest BCUT2D eigenvalue weighted by atomic mass is 17.1. The molecule has 0 aromatic heterocycles. The molecule has 0 aliphatic heterocycles. The fourth-order valence-corrected chi connectivity index (χ4v) is 1.69. The topological polar surface area (TPSA) is 58.6 Å². The molecule has 0 radical (unpaired) electrons. The van der Waals surface area contributed by atoms with Gasteiger partial charge in [0.15, 0.2) is 5.75 Å². The monoisotopic (exact) mass is 243 g/mol. The Hall–Kier alpha value is -2.33. The first-order valence-electron chi connectivity index (χ1n) is 5.48. The van der Waals surface area contributed by atoms with E-state index in [0.717, 1.165) is 16.8 Å². The lowest BCUT2D eigenvalue weighted by Gasteiger charge is -2.06. The van der Waals surface area contributed by atoms with Crippen LogP contribution in [0.4, 0.5) is 5.69 Å². The summed E-state index contributed by atoms with van der Waals surface area (Å²) in [5, 5.41) is 11.2. The summed E-state index contributed by atoms with van der Waals surface area (Å²) in [7, 11) is 0. The normalized spacial score (nSPS) is 9.89. The quantitative estimate of drug-likeness (QED) is 0.643. The zero-order valence-electron chi connectivity index (χ0n) is 9.88. The first-order valence-corrected chi connectivity index (χ1v) is 5.48. The third-order valence-corrected chi connectivity index (χ3v) is 2.48. The summed E-state index contributed by atoms with van der Waals surface area (Å²) in [4.78, 5) is 15.1. The smallest absolute Gasteiger partial charge is 0.221 e. The van der Waals surface area contributed by atoms with Crippen LogP contribution >= 0.6 is 0 Å². The third-order valence-electron chi connectivity index (χ3n) is 2.48. The molecule has 0 saturated carbocycles. The molecule has 0 aliphatic rings. The van der Waals surface area contributed by atoms with Gasteiger partial charge in [-0.25, -0.2) is 5.26 Å². The maximum Gasteiger partial charge on any atom is 0.221 e. The molecule has 2 aromatic rings. The molecule has 0 spiro atoms. The van der Waals surface area contributed by atoms with Crippen LogP contribution in [-0.2, 0) is 4.79 Å². The zero-order valence-corrected chi connectivity index (χ0v) is 9.88. The highest BCUT2D eigenvalue weighted by Crippen LogP contribution is 2.24. The molecule has 2 N–H and O–H groups in total. The predicted octanol–water partition coefficient (Wildman–Crippen LogP) is 3.16. The lowest BCUT2D eigenvalue weighted by molar-refractivity contribution is -0.137. The molecule has 4 nitrogen and oxygen atoms in total. The summed E-state index contributed by atoms with van der Waals surface area (Å²) < 4.78 is 0. The molecule has 0 unspecified atom stereocenters. The van der Waals surface area contributed by atoms with E-state index in [1.807, 2.05) is 36.4 Å². The molecule has 0 aliphatic carbocycles. The second-order valence-electron chi connectivity index (χ2n) is 3.88. The molecule has 1 amide bonds.